The summed E-state index contributed by atoms with van der Waals surface area (Å²) in [4.78, 5) is 21.5. The topological polar surface area (TPSA) is 110 Å². The Morgan fingerprint density at radius 3 is 2.52 bits per heavy atom. The van der Waals surface area contributed by atoms with Crippen molar-refractivity contribution in [3.05, 3.63) is 95.7 Å². The summed E-state index contributed by atoms with van der Waals surface area (Å²) in [6, 6.07) is 18.0. The smallest absolute Gasteiger partial charge is 0.416 e. The van der Waals surface area contributed by atoms with Gasteiger partial charge in [0.25, 0.3) is 5.91 Å². The third-order valence-corrected chi connectivity index (χ3v) is 6.46. The predicted molar refractivity (Wildman–Crippen MR) is 147 cm³/mol. The van der Waals surface area contributed by atoms with Crippen LogP contribution < -0.4 is 15.8 Å². The van der Waals surface area contributed by atoms with Crippen molar-refractivity contribution in [2.75, 3.05) is 18.2 Å². The number of phenolic OH excluding ortho intramolecular Hbond substituents is 1. The molecule has 1 amide bonds. The minimum Gasteiger partial charge on any atom is -0.507 e. The number of aromatic hydroxyl groups is 1. The summed E-state index contributed by atoms with van der Waals surface area (Å²) in [5.74, 6) is -0.0995. The number of aryl methyl sites for hydroxylation is 1. The normalized spacial score (nSPS) is 11.4. The van der Waals surface area contributed by atoms with E-state index in [4.69, 9.17) is 10.5 Å². The van der Waals surface area contributed by atoms with Gasteiger partial charge in [-0.1, -0.05) is 24.3 Å². The van der Waals surface area contributed by atoms with Gasteiger partial charge >= 0.3 is 6.18 Å². The number of hydrogen-bond acceptors (Lipinski definition) is 6. The van der Waals surface area contributed by atoms with Crippen molar-refractivity contribution in [1.82, 2.24) is 9.97 Å². The molecule has 0 saturated heterocycles. The number of aromatic nitrogens is 2. The van der Waals surface area contributed by atoms with Crippen LogP contribution in [0.1, 0.15) is 21.5 Å². The monoisotopic (exact) mass is 544 g/mol. The molecule has 7 nitrogen and oxygen atoms in total. The summed E-state index contributed by atoms with van der Waals surface area (Å²) >= 11 is 0. The lowest BCUT2D eigenvalue weighted by Gasteiger charge is -2.17. The summed E-state index contributed by atoms with van der Waals surface area (Å²) < 4.78 is 44.7. The molecule has 0 radical (unpaired) electrons. The van der Waals surface area contributed by atoms with E-state index in [1.165, 1.54) is 19.2 Å². The van der Waals surface area contributed by atoms with Gasteiger partial charge in [-0.25, -0.2) is 9.97 Å². The lowest BCUT2D eigenvalue weighted by Crippen LogP contribution is -2.13. The largest absolute Gasteiger partial charge is 0.507 e. The van der Waals surface area contributed by atoms with E-state index < -0.39 is 17.6 Å². The number of fused-ring (bicyclic) bond motifs is 1. The molecule has 4 aromatic carbocycles. The number of nitrogen functional groups attached to an aromatic ring is 1. The molecular formula is C30H23F3N4O3. The Balaban J connectivity index is 1.62. The first-order valence-electron chi connectivity index (χ1n) is 12.1. The maximum atomic E-state index is 13.1. The van der Waals surface area contributed by atoms with Crippen molar-refractivity contribution in [3.63, 3.8) is 0 Å². The number of nitrogens with one attached hydrogen (secondary N) is 1. The first-order chi connectivity index (χ1) is 19.0. The number of amides is 1. The van der Waals surface area contributed by atoms with Crippen molar-refractivity contribution >= 4 is 28.4 Å². The zero-order valence-electron chi connectivity index (χ0n) is 21.4. The Hall–Kier alpha value is -5.12. The molecule has 5 rings (SSSR count). The number of ether oxygens (including phenoxy) is 1. The summed E-state index contributed by atoms with van der Waals surface area (Å²) in [7, 11) is 1.53. The van der Waals surface area contributed by atoms with Crippen LogP contribution in [0.25, 0.3) is 33.2 Å². The zero-order valence-corrected chi connectivity index (χ0v) is 21.4. The first-order valence-corrected chi connectivity index (χ1v) is 12.1. The van der Waals surface area contributed by atoms with Gasteiger partial charge in [0.05, 0.1) is 23.8 Å². The number of carbonyl (C=O) groups is 1. The van der Waals surface area contributed by atoms with E-state index in [-0.39, 0.29) is 22.9 Å². The van der Waals surface area contributed by atoms with Gasteiger partial charge in [-0.05, 0) is 72.1 Å². The van der Waals surface area contributed by atoms with Crippen LogP contribution in [0.5, 0.6) is 11.5 Å². The fourth-order valence-electron chi connectivity index (χ4n) is 4.47. The number of nitrogens with two attached hydrogens (primary N) is 1. The van der Waals surface area contributed by atoms with Crippen molar-refractivity contribution in [2.45, 2.75) is 13.1 Å². The molecule has 0 spiro atoms. The average Bonchev–Trinajstić information content (AvgIpc) is 2.93. The number of anilines is 2. The quantitative estimate of drug-likeness (QED) is 0.223. The van der Waals surface area contributed by atoms with Crippen molar-refractivity contribution < 1.29 is 27.8 Å². The van der Waals surface area contributed by atoms with E-state index in [2.05, 4.69) is 15.3 Å². The summed E-state index contributed by atoms with van der Waals surface area (Å²) in [6.07, 6.45) is -3.00. The maximum absolute atomic E-state index is 13.1. The fraction of sp³-hybridized carbons (Fsp3) is 0.100. The summed E-state index contributed by atoms with van der Waals surface area (Å²) in [5.41, 5.74) is 8.34. The average molecular weight is 545 g/mol. The van der Waals surface area contributed by atoms with Crippen molar-refractivity contribution in [1.29, 1.82) is 0 Å². The van der Waals surface area contributed by atoms with Crippen LogP contribution in [0.15, 0.2) is 79.0 Å². The standard InChI is InChI=1S/C30H23F3N4O3/c1-16-9-10-18(28(39)36-21-7-4-6-20(14-21)30(31,32)33)12-23(16)24-13-19-15-35-29(34)37-26(19)25(27(24)38)17-5-3-8-22(11-17)40-2/h3-15,38H,1-2H3,(H,36,39)(H2,34,35,37). The minimum absolute atomic E-state index is 0.00514. The molecule has 202 valence electrons. The summed E-state index contributed by atoms with van der Waals surface area (Å²) in [6.45, 7) is 1.82. The number of methoxy groups -OCH3 is 1. The molecule has 5 aromatic rings. The highest BCUT2D eigenvalue weighted by Crippen LogP contribution is 2.44. The number of hydrogen-bond donors (Lipinski definition) is 3. The number of halogens is 3. The first kappa shape index (κ1) is 26.5. The Bertz CT molecular complexity index is 1770. The molecule has 0 aliphatic rings. The molecule has 0 bridgehead atoms. The van der Waals surface area contributed by atoms with Crippen LogP contribution in [0.4, 0.5) is 24.8 Å². The Labute approximate surface area is 227 Å². The second kappa shape index (κ2) is 10.2. The SMILES string of the molecule is COc1cccc(-c2c(O)c(-c3cc(C(=O)Nc4cccc(C(F)(F)F)c4)ccc3C)cc3cnc(N)nc23)c1. The lowest BCUT2D eigenvalue weighted by molar-refractivity contribution is -0.137. The van der Waals surface area contributed by atoms with Crippen LogP contribution >= 0.6 is 0 Å². The highest BCUT2D eigenvalue weighted by Gasteiger charge is 2.30. The predicted octanol–water partition coefficient (Wildman–Crippen LogP) is 6.84. The summed E-state index contributed by atoms with van der Waals surface area (Å²) in [5, 5.41) is 14.7. The molecular weight excluding hydrogens is 521 g/mol. The van der Waals surface area contributed by atoms with E-state index in [9.17, 15) is 23.1 Å². The number of phenols is 1. The van der Waals surface area contributed by atoms with E-state index in [0.717, 1.165) is 17.7 Å². The fourth-order valence-corrected chi connectivity index (χ4v) is 4.47. The van der Waals surface area contributed by atoms with Crippen LogP contribution in [0.2, 0.25) is 0 Å². The van der Waals surface area contributed by atoms with Crippen molar-refractivity contribution in [3.8, 4) is 33.8 Å². The van der Waals surface area contributed by atoms with Gasteiger partial charge in [-0.15, -0.1) is 0 Å². The van der Waals surface area contributed by atoms with Gasteiger partial charge < -0.3 is 20.9 Å². The second-order valence-electron chi connectivity index (χ2n) is 9.11. The van der Waals surface area contributed by atoms with Gasteiger partial charge in [0.15, 0.2) is 0 Å². The van der Waals surface area contributed by atoms with Crippen LogP contribution in [-0.4, -0.2) is 28.1 Å². The molecule has 4 N–H and O–H groups in total. The minimum atomic E-state index is -4.54. The Morgan fingerprint density at radius 2 is 1.77 bits per heavy atom. The molecule has 0 aliphatic heterocycles. The third kappa shape index (κ3) is 5.11. The molecule has 0 saturated carbocycles. The molecule has 40 heavy (non-hydrogen) atoms. The Kier molecular flexibility index (Phi) is 6.76. The molecule has 1 aromatic heterocycles. The van der Waals surface area contributed by atoms with Gasteiger partial charge in [-0.2, -0.15) is 13.2 Å². The maximum Gasteiger partial charge on any atom is 0.416 e. The molecule has 0 fully saturated rings. The van der Waals surface area contributed by atoms with E-state index >= 15 is 0 Å². The van der Waals surface area contributed by atoms with Gasteiger partial charge in [0, 0.05) is 28.4 Å². The highest BCUT2D eigenvalue weighted by molar-refractivity contribution is 6.06. The van der Waals surface area contributed by atoms with Crippen LogP contribution in [0.3, 0.4) is 0 Å². The van der Waals surface area contributed by atoms with Crippen molar-refractivity contribution in [2.24, 2.45) is 0 Å². The zero-order chi connectivity index (χ0) is 28.6. The lowest BCUT2D eigenvalue weighted by atomic mass is 9.91. The molecule has 10 heteroatoms. The van der Waals surface area contributed by atoms with E-state index in [0.29, 0.717) is 38.9 Å². The number of nitrogens with zero attached hydrogens (tertiary/aromatic N) is 2. The number of alkyl halides is 3. The number of benzene rings is 4. The third-order valence-electron chi connectivity index (χ3n) is 6.46. The Morgan fingerprint density at radius 1 is 1.00 bits per heavy atom. The van der Waals surface area contributed by atoms with E-state index in [1.807, 2.05) is 6.92 Å². The molecule has 1 heterocycles. The van der Waals surface area contributed by atoms with E-state index in [1.54, 1.807) is 54.7 Å². The van der Waals surface area contributed by atoms with Gasteiger partial charge in [0.1, 0.15) is 11.5 Å². The van der Waals surface area contributed by atoms with Crippen LogP contribution in [-0.2, 0) is 6.18 Å². The van der Waals surface area contributed by atoms with Gasteiger partial charge in [-0.3, -0.25) is 4.79 Å². The number of carbonyl (C=O) groups excluding carboxylic acids is 1. The number of rotatable bonds is 5. The van der Waals surface area contributed by atoms with Crippen LogP contribution in [0, 0.1) is 6.92 Å². The van der Waals surface area contributed by atoms with Gasteiger partial charge in [0.2, 0.25) is 5.95 Å². The molecule has 0 unspecified atom stereocenters. The highest BCUT2D eigenvalue weighted by atomic mass is 19.4. The molecule has 0 atom stereocenters. The second-order valence-corrected chi connectivity index (χ2v) is 9.11. The molecule has 0 aliphatic carbocycles.